The smallest absolute Gasteiger partial charge is 0.290 e. The third kappa shape index (κ3) is 3.81. The van der Waals surface area contributed by atoms with E-state index < -0.39 is 22.3 Å². The standard InChI is InChI=1S/C28H23FN4O3/c1-36-25-9-4-7-20-22(25)16-28(14-5-15-30,33(35)26(20)18-10-12-19(29)13-11-18)27(34)32-24-17-31-23-8-3-2-6-21(23)24/h2-4,6-13,16-17,31,33H,5,14H2,1H3,(H,32,34). The first-order valence-electron chi connectivity index (χ1n) is 11.4. The van der Waals surface area contributed by atoms with Gasteiger partial charge < -0.3 is 25.3 Å². The molecule has 36 heavy (non-hydrogen) atoms. The average Bonchev–Trinajstić information content (AvgIpc) is 3.30. The van der Waals surface area contributed by atoms with Crippen LogP contribution in [0.4, 0.5) is 10.1 Å². The molecule has 0 spiro atoms. The number of para-hydroxylation sites is 1. The highest BCUT2D eigenvalue weighted by molar-refractivity contribution is 6.07. The van der Waals surface area contributed by atoms with Crippen molar-refractivity contribution in [2.24, 2.45) is 0 Å². The number of nitrogens with one attached hydrogen (secondary N) is 3. The van der Waals surface area contributed by atoms with Crippen LogP contribution in [0.2, 0.25) is 0 Å². The Labute approximate surface area is 206 Å². The fourth-order valence-electron chi connectivity index (χ4n) is 4.78. The normalized spacial score (nSPS) is 18.7. The van der Waals surface area contributed by atoms with Crippen molar-refractivity contribution in [2.45, 2.75) is 18.4 Å². The lowest BCUT2D eigenvalue weighted by Gasteiger charge is -2.42. The Balaban J connectivity index is 1.73. The van der Waals surface area contributed by atoms with Crippen molar-refractivity contribution < 1.29 is 19.0 Å². The number of aromatic amines is 1. The lowest BCUT2D eigenvalue weighted by atomic mass is 9.85. The third-order valence-electron chi connectivity index (χ3n) is 6.59. The van der Waals surface area contributed by atoms with Gasteiger partial charge >= 0.3 is 0 Å². The number of ether oxygens (including phenoxy) is 1. The number of nitrogens with zero attached hydrogens (tertiary/aromatic N) is 1. The average molecular weight is 483 g/mol. The molecule has 0 bridgehead atoms. The molecule has 8 heteroatoms. The maximum atomic E-state index is 14.3. The van der Waals surface area contributed by atoms with Crippen molar-refractivity contribution >= 4 is 34.3 Å². The first kappa shape index (κ1) is 23.3. The van der Waals surface area contributed by atoms with Gasteiger partial charge in [-0.25, -0.2) is 4.39 Å². The van der Waals surface area contributed by atoms with Crippen LogP contribution in [-0.4, -0.2) is 23.5 Å². The number of rotatable bonds is 6. The summed E-state index contributed by atoms with van der Waals surface area (Å²) in [4.78, 5) is 17.1. The lowest BCUT2D eigenvalue weighted by Crippen LogP contribution is -3.17. The van der Waals surface area contributed by atoms with Crippen molar-refractivity contribution in [3.05, 3.63) is 100.0 Å². The van der Waals surface area contributed by atoms with Gasteiger partial charge in [-0.2, -0.15) is 5.26 Å². The van der Waals surface area contributed by atoms with Crippen molar-refractivity contribution in [1.29, 1.82) is 5.26 Å². The van der Waals surface area contributed by atoms with Gasteiger partial charge in [-0.3, -0.25) is 4.79 Å². The molecular weight excluding hydrogens is 459 g/mol. The van der Waals surface area contributed by atoms with E-state index >= 15 is 0 Å². The van der Waals surface area contributed by atoms with Gasteiger partial charge in [0.15, 0.2) is 0 Å². The SMILES string of the molecule is COc1cccc2c1=CC(CCC#N)(C(=O)Nc1c[nH]c3ccccc13)[NH+]([O-])C=2c1ccc(F)cc1. The molecule has 5 rings (SSSR count). The second kappa shape index (κ2) is 9.30. The Morgan fingerprint density at radius 2 is 1.94 bits per heavy atom. The van der Waals surface area contributed by atoms with Gasteiger partial charge in [-0.15, -0.1) is 0 Å². The van der Waals surface area contributed by atoms with Gasteiger partial charge in [-0.1, -0.05) is 24.3 Å². The Kier molecular flexibility index (Phi) is 6.02. The van der Waals surface area contributed by atoms with E-state index in [1.165, 1.54) is 31.4 Å². The molecule has 3 aromatic carbocycles. The minimum Gasteiger partial charge on any atom is -0.628 e. The number of hydrogen-bond donors (Lipinski definition) is 3. The molecule has 1 aliphatic heterocycles. The number of aromatic nitrogens is 1. The number of anilines is 1. The summed E-state index contributed by atoms with van der Waals surface area (Å²) in [6.07, 6.45) is 3.23. The van der Waals surface area contributed by atoms with Crippen LogP contribution in [0.3, 0.4) is 0 Å². The molecule has 1 aliphatic rings. The van der Waals surface area contributed by atoms with Crippen LogP contribution < -0.4 is 25.6 Å². The third-order valence-corrected chi connectivity index (χ3v) is 6.59. The molecule has 4 aromatic rings. The van der Waals surface area contributed by atoms with E-state index in [0.717, 1.165) is 10.9 Å². The van der Waals surface area contributed by atoms with E-state index in [2.05, 4.69) is 16.4 Å². The van der Waals surface area contributed by atoms with E-state index in [9.17, 15) is 19.7 Å². The van der Waals surface area contributed by atoms with Crippen molar-refractivity contribution in [3.63, 3.8) is 0 Å². The largest absolute Gasteiger partial charge is 0.628 e. The van der Waals surface area contributed by atoms with E-state index in [1.54, 1.807) is 30.5 Å². The summed E-state index contributed by atoms with van der Waals surface area (Å²) in [5, 5.41) is 28.1. The minimum atomic E-state index is -1.68. The van der Waals surface area contributed by atoms with Gasteiger partial charge in [0.05, 0.1) is 18.9 Å². The number of H-pyrrole nitrogens is 1. The number of hydrogen-bond acceptors (Lipinski definition) is 4. The zero-order chi connectivity index (χ0) is 25.3. The number of nitriles is 1. The van der Waals surface area contributed by atoms with Crippen molar-refractivity contribution in [3.8, 4) is 11.8 Å². The first-order chi connectivity index (χ1) is 17.5. The number of hydroxylamine groups is 2. The Hall–Kier alpha value is -4.45. The molecule has 180 valence electrons. The van der Waals surface area contributed by atoms with Crippen LogP contribution >= 0.6 is 0 Å². The van der Waals surface area contributed by atoms with Crippen LogP contribution in [0.5, 0.6) is 5.75 Å². The zero-order valence-electron chi connectivity index (χ0n) is 19.5. The number of amides is 1. The predicted molar refractivity (Wildman–Crippen MR) is 134 cm³/mol. The molecule has 1 aromatic heterocycles. The summed E-state index contributed by atoms with van der Waals surface area (Å²) >= 11 is 0. The van der Waals surface area contributed by atoms with E-state index in [0.29, 0.717) is 27.4 Å². The Morgan fingerprint density at radius 3 is 2.69 bits per heavy atom. The molecule has 0 saturated carbocycles. The number of carbonyl (C=O) groups excluding carboxylic acids is 1. The molecule has 2 heterocycles. The predicted octanol–water partition coefficient (Wildman–Crippen LogP) is 2.33. The van der Waals surface area contributed by atoms with E-state index in [4.69, 9.17) is 4.74 Å². The van der Waals surface area contributed by atoms with E-state index in [1.807, 2.05) is 24.3 Å². The van der Waals surface area contributed by atoms with E-state index in [-0.39, 0.29) is 18.5 Å². The van der Waals surface area contributed by atoms with Gasteiger partial charge in [0.25, 0.3) is 5.91 Å². The van der Waals surface area contributed by atoms with Crippen molar-refractivity contribution in [2.75, 3.05) is 12.4 Å². The number of quaternary nitrogens is 1. The second-order valence-electron chi connectivity index (χ2n) is 8.61. The molecule has 0 fully saturated rings. The molecule has 3 N–H and O–H groups in total. The molecule has 0 saturated heterocycles. The highest BCUT2D eigenvalue weighted by atomic mass is 19.1. The first-order valence-corrected chi connectivity index (χ1v) is 11.4. The summed E-state index contributed by atoms with van der Waals surface area (Å²) in [7, 11) is 1.51. The van der Waals surface area contributed by atoms with Crippen LogP contribution in [0, 0.1) is 22.4 Å². The molecule has 7 nitrogen and oxygen atoms in total. The van der Waals surface area contributed by atoms with Gasteiger partial charge in [0, 0.05) is 45.9 Å². The second-order valence-corrected chi connectivity index (χ2v) is 8.61. The maximum absolute atomic E-state index is 14.3. The van der Waals surface area contributed by atoms with Crippen LogP contribution in [0.1, 0.15) is 18.4 Å². The monoisotopic (exact) mass is 482 g/mol. The zero-order valence-corrected chi connectivity index (χ0v) is 19.5. The molecule has 1 amide bonds. The van der Waals surface area contributed by atoms with Crippen LogP contribution in [0.15, 0.2) is 72.9 Å². The van der Waals surface area contributed by atoms with Crippen molar-refractivity contribution in [1.82, 2.24) is 4.98 Å². The Morgan fingerprint density at radius 1 is 1.17 bits per heavy atom. The number of carbonyl (C=O) groups is 1. The highest BCUT2D eigenvalue weighted by Crippen LogP contribution is 2.26. The summed E-state index contributed by atoms with van der Waals surface area (Å²) in [6.45, 7) is 0. The number of benzene rings is 3. The fraction of sp³-hybridized carbons (Fsp3) is 0.143. The van der Waals surface area contributed by atoms with Crippen LogP contribution in [0.25, 0.3) is 22.7 Å². The fourth-order valence-corrected chi connectivity index (χ4v) is 4.78. The lowest BCUT2D eigenvalue weighted by molar-refractivity contribution is -0.808. The summed E-state index contributed by atoms with van der Waals surface area (Å²) in [5.74, 6) is -0.502. The topological polar surface area (TPSA) is 105 Å². The maximum Gasteiger partial charge on any atom is 0.290 e. The van der Waals surface area contributed by atoms with Gasteiger partial charge in [-0.05, 0) is 48.5 Å². The molecule has 0 aliphatic carbocycles. The van der Waals surface area contributed by atoms with Gasteiger partial charge in [0.1, 0.15) is 17.3 Å². The number of fused-ring (bicyclic) bond motifs is 2. The molecule has 2 unspecified atom stereocenters. The molecule has 2 atom stereocenters. The quantitative estimate of drug-likeness (QED) is 0.367. The van der Waals surface area contributed by atoms with Crippen LogP contribution in [-0.2, 0) is 4.79 Å². The summed E-state index contributed by atoms with van der Waals surface area (Å²) in [6, 6.07) is 20.4. The van der Waals surface area contributed by atoms with Gasteiger partial charge in [0.2, 0.25) is 5.54 Å². The summed E-state index contributed by atoms with van der Waals surface area (Å²) in [5.41, 5.74) is 0.439. The minimum absolute atomic E-state index is 0.0231. The molecular formula is C28H23FN4O3. The summed E-state index contributed by atoms with van der Waals surface area (Å²) < 4.78 is 19.3. The highest BCUT2D eigenvalue weighted by Gasteiger charge is 2.47. The number of methoxy groups -OCH3 is 1. The Bertz CT molecular complexity index is 1620. The number of halogens is 1. The molecule has 0 radical (unpaired) electrons.